The van der Waals surface area contributed by atoms with E-state index in [1.54, 1.807) is 6.07 Å². The molecule has 0 aliphatic heterocycles. The van der Waals surface area contributed by atoms with E-state index in [0.29, 0.717) is 22.7 Å². The zero-order valence-corrected chi connectivity index (χ0v) is 19.4. The number of aromatic nitrogens is 6. The summed E-state index contributed by atoms with van der Waals surface area (Å²) in [6.45, 7) is 2.89. The van der Waals surface area contributed by atoms with Gasteiger partial charge in [-0.15, -0.1) is 10.2 Å². The number of rotatable bonds is 8. The number of carbonyl (C=O) groups excluding carboxylic acids is 1. The molecule has 176 valence electrons. The van der Waals surface area contributed by atoms with Crippen LogP contribution in [0, 0.1) is 0 Å². The molecule has 3 N–H and O–H groups in total. The summed E-state index contributed by atoms with van der Waals surface area (Å²) in [5, 5.41) is 18.4. The fourth-order valence-corrected chi connectivity index (χ4v) is 4.20. The summed E-state index contributed by atoms with van der Waals surface area (Å²) in [6, 6.07) is 21.5. The van der Waals surface area contributed by atoms with E-state index in [1.807, 2.05) is 30.3 Å². The van der Waals surface area contributed by atoms with E-state index in [-0.39, 0.29) is 6.04 Å². The number of nitrogens with zero attached hydrogens (tertiary/aromatic N) is 4. The zero-order valence-electron chi connectivity index (χ0n) is 19.4. The summed E-state index contributed by atoms with van der Waals surface area (Å²) in [6.07, 6.45) is 0.948. The Bertz CT molecular complexity index is 1450. The van der Waals surface area contributed by atoms with Crippen LogP contribution in [0.5, 0.6) is 0 Å². The molecule has 9 nitrogen and oxygen atoms in total. The molecule has 5 rings (SSSR count). The molecule has 9 heteroatoms. The van der Waals surface area contributed by atoms with Crippen molar-refractivity contribution in [3.05, 3.63) is 83.7 Å². The monoisotopic (exact) mass is 467 g/mol. The van der Waals surface area contributed by atoms with E-state index in [0.717, 1.165) is 40.7 Å². The van der Waals surface area contributed by atoms with Crippen molar-refractivity contribution in [2.45, 2.75) is 19.4 Å². The van der Waals surface area contributed by atoms with Crippen LogP contribution in [0.15, 0.2) is 66.7 Å². The Morgan fingerprint density at radius 3 is 2.66 bits per heavy atom. The predicted molar refractivity (Wildman–Crippen MR) is 133 cm³/mol. The molecule has 1 atom stereocenters. The SMILES string of the molecule is CCCNC(c1ccc(-c2ccccc2)c(-c2nn[nH]n2)c1)c1nc2c(C(=O)OC)cccc2[nH]1. The number of tetrazole rings is 1. The van der Waals surface area contributed by atoms with E-state index < -0.39 is 5.97 Å². The number of hydrogen-bond acceptors (Lipinski definition) is 7. The van der Waals surface area contributed by atoms with E-state index in [1.165, 1.54) is 7.11 Å². The Labute approximate surface area is 202 Å². The Morgan fingerprint density at radius 2 is 1.91 bits per heavy atom. The van der Waals surface area contributed by atoms with Crippen LogP contribution in [-0.4, -0.2) is 50.2 Å². The third kappa shape index (κ3) is 4.41. The van der Waals surface area contributed by atoms with Crippen LogP contribution in [0.4, 0.5) is 0 Å². The van der Waals surface area contributed by atoms with Crippen LogP contribution in [-0.2, 0) is 4.74 Å². The molecule has 5 aromatic rings. The normalized spacial score (nSPS) is 12.1. The van der Waals surface area contributed by atoms with E-state index in [4.69, 9.17) is 9.72 Å². The van der Waals surface area contributed by atoms with Gasteiger partial charge in [0.25, 0.3) is 0 Å². The van der Waals surface area contributed by atoms with Crippen LogP contribution >= 0.6 is 0 Å². The number of nitrogens with one attached hydrogen (secondary N) is 3. The van der Waals surface area contributed by atoms with E-state index in [9.17, 15) is 4.79 Å². The maximum atomic E-state index is 12.3. The van der Waals surface area contributed by atoms with Gasteiger partial charge >= 0.3 is 5.97 Å². The van der Waals surface area contributed by atoms with Gasteiger partial charge in [-0.05, 0) is 53.1 Å². The molecular formula is C26H25N7O2. The highest BCUT2D eigenvalue weighted by Crippen LogP contribution is 2.34. The lowest BCUT2D eigenvalue weighted by Gasteiger charge is -2.19. The van der Waals surface area contributed by atoms with Crippen molar-refractivity contribution < 1.29 is 9.53 Å². The molecule has 35 heavy (non-hydrogen) atoms. The minimum absolute atomic E-state index is 0.247. The molecule has 2 aromatic heterocycles. The Hall–Kier alpha value is -4.37. The first kappa shape index (κ1) is 22.4. The number of benzene rings is 3. The third-order valence-electron chi connectivity index (χ3n) is 5.86. The van der Waals surface area contributed by atoms with Gasteiger partial charge in [-0.1, -0.05) is 55.5 Å². The van der Waals surface area contributed by atoms with Gasteiger partial charge in [0.05, 0.1) is 24.2 Å². The fraction of sp³-hybridized carbons (Fsp3) is 0.192. The molecule has 1 unspecified atom stereocenters. The first-order valence-electron chi connectivity index (χ1n) is 11.4. The Morgan fingerprint density at radius 1 is 1.06 bits per heavy atom. The number of aromatic amines is 2. The van der Waals surface area contributed by atoms with Gasteiger partial charge in [-0.3, -0.25) is 0 Å². The number of carbonyl (C=O) groups is 1. The highest BCUT2D eigenvalue weighted by molar-refractivity contribution is 6.01. The molecule has 0 aliphatic rings. The number of methoxy groups -OCH3 is 1. The topological polar surface area (TPSA) is 121 Å². The summed E-state index contributed by atoms with van der Waals surface area (Å²) in [5.41, 5.74) is 5.68. The Balaban J connectivity index is 1.64. The van der Waals surface area contributed by atoms with Gasteiger partial charge in [-0.25, -0.2) is 9.78 Å². The lowest BCUT2D eigenvalue weighted by atomic mass is 9.94. The second kappa shape index (κ2) is 9.86. The average molecular weight is 468 g/mol. The lowest BCUT2D eigenvalue weighted by Crippen LogP contribution is -2.24. The molecule has 0 fully saturated rings. The number of hydrogen-bond donors (Lipinski definition) is 3. The second-order valence-electron chi connectivity index (χ2n) is 8.11. The molecule has 0 amide bonds. The van der Waals surface area contributed by atoms with Crippen molar-refractivity contribution in [2.75, 3.05) is 13.7 Å². The van der Waals surface area contributed by atoms with E-state index >= 15 is 0 Å². The number of para-hydroxylation sites is 1. The highest BCUT2D eigenvalue weighted by atomic mass is 16.5. The summed E-state index contributed by atoms with van der Waals surface area (Å²) >= 11 is 0. The molecule has 0 bridgehead atoms. The average Bonchev–Trinajstić information content (AvgIpc) is 3.59. The lowest BCUT2D eigenvalue weighted by molar-refractivity contribution is 0.0603. The molecule has 2 heterocycles. The maximum Gasteiger partial charge on any atom is 0.340 e. The minimum atomic E-state index is -0.418. The van der Waals surface area contributed by atoms with Crippen LogP contribution < -0.4 is 5.32 Å². The first-order chi connectivity index (χ1) is 17.2. The third-order valence-corrected chi connectivity index (χ3v) is 5.86. The van der Waals surface area contributed by atoms with Crippen LogP contribution in [0.3, 0.4) is 0 Å². The molecule has 0 saturated carbocycles. The van der Waals surface area contributed by atoms with Crippen molar-refractivity contribution >= 4 is 17.0 Å². The predicted octanol–water partition coefficient (Wildman–Crippen LogP) is 4.29. The summed E-state index contributed by atoms with van der Waals surface area (Å²) in [5.74, 6) is 0.798. The van der Waals surface area contributed by atoms with Gasteiger partial charge in [0.15, 0.2) is 0 Å². The van der Waals surface area contributed by atoms with Crippen molar-refractivity contribution in [1.29, 1.82) is 0 Å². The fourth-order valence-electron chi connectivity index (χ4n) is 4.20. The van der Waals surface area contributed by atoms with Crippen molar-refractivity contribution in [3.63, 3.8) is 0 Å². The number of ether oxygens (including phenoxy) is 1. The molecule has 3 aromatic carbocycles. The van der Waals surface area contributed by atoms with Crippen molar-refractivity contribution in [3.8, 4) is 22.5 Å². The molecule has 0 aliphatic carbocycles. The largest absolute Gasteiger partial charge is 0.465 e. The van der Waals surface area contributed by atoms with E-state index in [2.05, 4.69) is 68.2 Å². The standard InChI is InChI=1S/C26H25N7O2/c1-3-14-27-22(25-28-21-11-7-10-19(23(21)29-25)26(34)35-2)17-12-13-18(16-8-5-4-6-9-16)20(15-17)24-30-32-33-31-24/h4-13,15,22,27H,3,14H2,1-2H3,(H,28,29)(H,30,31,32,33). The molecule has 0 spiro atoms. The highest BCUT2D eigenvalue weighted by Gasteiger charge is 2.22. The number of fused-ring (bicyclic) bond motifs is 1. The first-order valence-corrected chi connectivity index (χ1v) is 11.4. The maximum absolute atomic E-state index is 12.3. The van der Waals surface area contributed by atoms with Crippen molar-refractivity contribution in [1.82, 2.24) is 35.9 Å². The minimum Gasteiger partial charge on any atom is -0.465 e. The van der Waals surface area contributed by atoms with Gasteiger partial charge in [0.2, 0.25) is 5.82 Å². The van der Waals surface area contributed by atoms with Crippen LogP contribution in [0.1, 0.15) is 41.1 Å². The van der Waals surface area contributed by atoms with Crippen LogP contribution in [0.2, 0.25) is 0 Å². The quantitative estimate of drug-likeness (QED) is 0.291. The number of esters is 1. The number of H-pyrrole nitrogens is 2. The molecular weight excluding hydrogens is 442 g/mol. The van der Waals surface area contributed by atoms with Gasteiger partial charge in [0, 0.05) is 5.56 Å². The summed E-state index contributed by atoms with van der Waals surface area (Å²) < 4.78 is 4.94. The molecule has 0 radical (unpaired) electrons. The molecule has 0 saturated heterocycles. The second-order valence-corrected chi connectivity index (χ2v) is 8.11. The summed E-state index contributed by atoms with van der Waals surface area (Å²) in [4.78, 5) is 20.5. The summed E-state index contributed by atoms with van der Waals surface area (Å²) in [7, 11) is 1.37. The Kier molecular flexibility index (Phi) is 6.32. The smallest absolute Gasteiger partial charge is 0.340 e. The van der Waals surface area contributed by atoms with Gasteiger partial charge in [0.1, 0.15) is 11.3 Å². The zero-order chi connectivity index (χ0) is 24.2. The van der Waals surface area contributed by atoms with Gasteiger partial charge < -0.3 is 15.0 Å². The van der Waals surface area contributed by atoms with Gasteiger partial charge in [-0.2, -0.15) is 5.21 Å². The van der Waals surface area contributed by atoms with Crippen molar-refractivity contribution in [2.24, 2.45) is 0 Å². The number of imidazole rings is 1. The van der Waals surface area contributed by atoms with Crippen LogP contribution in [0.25, 0.3) is 33.5 Å².